The van der Waals surface area contributed by atoms with Gasteiger partial charge in [-0.15, -0.1) is 0 Å². The van der Waals surface area contributed by atoms with E-state index in [0.29, 0.717) is 0 Å². The summed E-state index contributed by atoms with van der Waals surface area (Å²) in [5.41, 5.74) is 2.01. The molecule has 2 aromatic rings. The standard InChI is InChI=1S/C15H18FN3/c1-15(2)10-19-8-13(17-14(19)9-18(15)3)11-4-6-12(16)7-5-11/h4-8H,9-10H2,1-3H3. The second kappa shape index (κ2) is 4.17. The van der Waals surface area contributed by atoms with Gasteiger partial charge in [-0.25, -0.2) is 9.37 Å². The lowest BCUT2D eigenvalue weighted by Gasteiger charge is -2.40. The first-order valence-electron chi connectivity index (χ1n) is 6.49. The molecule has 0 atom stereocenters. The first kappa shape index (κ1) is 12.4. The van der Waals surface area contributed by atoms with E-state index in [0.717, 1.165) is 30.2 Å². The van der Waals surface area contributed by atoms with Crippen LogP contribution in [0.25, 0.3) is 11.3 Å². The minimum atomic E-state index is -0.214. The van der Waals surface area contributed by atoms with Crippen LogP contribution in [0.4, 0.5) is 4.39 Å². The van der Waals surface area contributed by atoms with E-state index in [1.54, 1.807) is 12.1 Å². The summed E-state index contributed by atoms with van der Waals surface area (Å²) in [6.45, 7) is 6.22. The van der Waals surface area contributed by atoms with Crippen LogP contribution in [0.3, 0.4) is 0 Å². The molecule has 0 saturated carbocycles. The van der Waals surface area contributed by atoms with E-state index in [1.807, 2.05) is 0 Å². The van der Waals surface area contributed by atoms with Crippen molar-refractivity contribution in [2.75, 3.05) is 7.05 Å². The summed E-state index contributed by atoms with van der Waals surface area (Å²) < 4.78 is 15.2. The van der Waals surface area contributed by atoms with Crippen LogP contribution in [0.5, 0.6) is 0 Å². The third-order valence-corrected chi connectivity index (χ3v) is 3.97. The SMILES string of the molecule is CN1Cc2nc(-c3ccc(F)cc3)cn2CC1(C)C. The molecule has 100 valence electrons. The quantitative estimate of drug-likeness (QED) is 0.785. The number of halogens is 1. The zero-order valence-electron chi connectivity index (χ0n) is 11.5. The number of fused-ring (bicyclic) bond motifs is 1. The minimum Gasteiger partial charge on any atom is -0.331 e. The lowest BCUT2D eigenvalue weighted by Crippen LogP contribution is -2.48. The molecular formula is C15H18FN3. The van der Waals surface area contributed by atoms with Gasteiger partial charge in [0, 0.05) is 23.8 Å². The average molecular weight is 259 g/mol. The Labute approximate surface area is 112 Å². The van der Waals surface area contributed by atoms with Gasteiger partial charge in [0.05, 0.1) is 12.2 Å². The van der Waals surface area contributed by atoms with Gasteiger partial charge in [0.25, 0.3) is 0 Å². The summed E-state index contributed by atoms with van der Waals surface area (Å²) in [4.78, 5) is 6.97. The van der Waals surface area contributed by atoms with Crippen LogP contribution in [0.15, 0.2) is 30.5 Å². The number of benzene rings is 1. The number of rotatable bonds is 1. The Morgan fingerprint density at radius 2 is 1.89 bits per heavy atom. The topological polar surface area (TPSA) is 21.1 Å². The molecule has 0 spiro atoms. The van der Waals surface area contributed by atoms with Gasteiger partial charge in [0.2, 0.25) is 0 Å². The van der Waals surface area contributed by atoms with Gasteiger partial charge in [-0.1, -0.05) is 0 Å². The van der Waals surface area contributed by atoms with Crippen LogP contribution in [0.1, 0.15) is 19.7 Å². The van der Waals surface area contributed by atoms with Gasteiger partial charge < -0.3 is 4.57 Å². The highest BCUT2D eigenvalue weighted by molar-refractivity contribution is 5.58. The van der Waals surface area contributed by atoms with Crippen molar-refractivity contribution < 1.29 is 4.39 Å². The van der Waals surface area contributed by atoms with Crippen molar-refractivity contribution in [2.24, 2.45) is 0 Å². The van der Waals surface area contributed by atoms with Gasteiger partial charge in [-0.3, -0.25) is 4.90 Å². The zero-order chi connectivity index (χ0) is 13.6. The van der Waals surface area contributed by atoms with E-state index in [2.05, 4.69) is 41.5 Å². The molecule has 0 bridgehead atoms. The molecule has 1 aliphatic rings. The van der Waals surface area contributed by atoms with Gasteiger partial charge in [0.15, 0.2) is 0 Å². The number of imidazole rings is 1. The molecule has 1 aromatic carbocycles. The Morgan fingerprint density at radius 3 is 2.58 bits per heavy atom. The lowest BCUT2D eigenvalue weighted by molar-refractivity contribution is 0.0958. The maximum atomic E-state index is 12.9. The highest BCUT2D eigenvalue weighted by atomic mass is 19.1. The van der Waals surface area contributed by atoms with Crippen molar-refractivity contribution in [3.63, 3.8) is 0 Å². The smallest absolute Gasteiger partial charge is 0.123 e. The molecule has 3 nitrogen and oxygen atoms in total. The average Bonchev–Trinajstić information content (AvgIpc) is 2.72. The fraction of sp³-hybridized carbons (Fsp3) is 0.400. The van der Waals surface area contributed by atoms with Crippen molar-refractivity contribution in [1.29, 1.82) is 0 Å². The Kier molecular flexibility index (Phi) is 2.71. The van der Waals surface area contributed by atoms with Crippen LogP contribution >= 0.6 is 0 Å². The van der Waals surface area contributed by atoms with Crippen molar-refractivity contribution in [3.05, 3.63) is 42.1 Å². The van der Waals surface area contributed by atoms with Crippen LogP contribution in [-0.4, -0.2) is 27.0 Å². The third-order valence-electron chi connectivity index (χ3n) is 3.97. The predicted molar refractivity (Wildman–Crippen MR) is 73.2 cm³/mol. The Bertz CT molecular complexity index is 598. The highest BCUT2D eigenvalue weighted by Crippen LogP contribution is 2.27. The number of likely N-dealkylation sites (N-methyl/N-ethyl adjacent to an activating group) is 1. The molecule has 19 heavy (non-hydrogen) atoms. The molecule has 0 saturated heterocycles. The summed E-state index contributed by atoms with van der Waals surface area (Å²) in [5.74, 6) is 0.856. The first-order chi connectivity index (χ1) is 8.95. The zero-order valence-corrected chi connectivity index (χ0v) is 11.5. The highest BCUT2D eigenvalue weighted by Gasteiger charge is 2.31. The van der Waals surface area contributed by atoms with Crippen LogP contribution < -0.4 is 0 Å². The van der Waals surface area contributed by atoms with E-state index in [9.17, 15) is 4.39 Å². The predicted octanol–water partition coefficient (Wildman–Crippen LogP) is 2.91. The Balaban J connectivity index is 1.98. The minimum absolute atomic E-state index is 0.133. The van der Waals surface area contributed by atoms with E-state index < -0.39 is 0 Å². The molecule has 2 heterocycles. The third kappa shape index (κ3) is 2.16. The van der Waals surface area contributed by atoms with Gasteiger partial charge >= 0.3 is 0 Å². The lowest BCUT2D eigenvalue weighted by atomic mass is 10.0. The van der Waals surface area contributed by atoms with Gasteiger partial charge in [0.1, 0.15) is 11.6 Å². The van der Waals surface area contributed by atoms with Gasteiger partial charge in [-0.2, -0.15) is 0 Å². The molecule has 0 amide bonds. The van der Waals surface area contributed by atoms with Crippen LogP contribution in [-0.2, 0) is 13.1 Å². The molecule has 0 aliphatic carbocycles. The molecule has 1 aliphatic heterocycles. The van der Waals surface area contributed by atoms with Crippen molar-refractivity contribution in [1.82, 2.24) is 14.5 Å². The summed E-state index contributed by atoms with van der Waals surface area (Å²) in [5, 5.41) is 0. The molecule has 0 radical (unpaired) electrons. The molecule has 1 aromatic heterocycles. The summed E-state index contributed by atoms with van der Waals surface area (Å²) in [7, 11) is 2.12. The Morgan fingerprint density at radius 1 is 1.21 bits per heavy atom. The summed E-state index contributed by atoms with van der Waals surface area (Å²) >= 11 is 0. The number of hydrogen-bond acceptors (Lipinski definition) is 2. The number of hydrogen-bond donors (Lipinski definition) is 0. The van der Waals surface area contributed by atoms with Crippen molar-refractivity contribution in [3.8, 4) is 11.3 Å². The monoisotopic (exact) mass is 259 g/mol. The Hall–Kier alpha value is -1.68. The maximum absolute atomic E-state index is 12.9. The molecule has 0 unspecified atom stereocenters. The van der Waals surface area contributed by atoms with E-state index in [-0.39, 0.29) is 11.4 Å². The maximum Gasteiger partial charge on any atom is 0.123 e. The van der Waals surface area contributed by atoms with Gasteiger partial charge in [-0.05, 0) is 45.2 Å². The fourth-order valence-corrected chi connectivity index (χ4v) is 2.44. The first-order valence-corrected chi connectivity index (χ1v) is 6.49. The fourth-order valence-electron chi connectivity index (χ4n) is 2.44. The number of nitrogens with zero attached hydrogens (tertiary/aromatic N) is 3. The molecular weight excluding hydrogens is 241 g/mol. The second-order valence-electron chi connectivity index (χ2n) is 5.85. The van der Waals surface area contributed by atoms with E-state index >= 15 is 0 Å². The largest absolute Gasteiger partial charge is 0.331 e. The molecule has 3 rings (SSSR count). The summed E-state index contributed by atoms with van der Waals surface area (Å²) in [6.07, 6.45) is 2.07. The molecule has 0 N–H and O–H groups in total. The summed E-state index contributed by atoms with van der Waals surface area (Å²) in [6, 6.07) is 6.50. The van der Waals surface area contributed by atoms with E-state index in [4.69, 9.17) is 0 Å². The number of aromatic nitrogens is 2. The van der Waals surface area contributed by atoms with Crippen LogP contribution in [0, 0.1) is 5.82 Å². The van der Waals surface area contributed by atoms with E-state index in [1.165, 1.54) is 12.1 Å². The molecule has 4 heteroatoms. The van der Waals surface area contributed by atoms with Crippen LogP contribution in [0.2, 0.25) is 0 Å². The van der Waals surface area contributed by atoms with Crippen molar-refractivity contribution in [2.45, 2.75) is 32.5 Å². The second-order valence-corrected chi connectivity index (χ2v) is 5.85. The van der Waals surface area contributed by atoms with Crippen molar-refractivity contribution >= 4 is 0 Å². The normalized spacial score (nSPS) is 18.3. The molecule has 0 fully saturated rings.